The largest absolute Gasteiger partial charge is 0.309 e. The van der Waals surface area contributed by atoms with Crippen LogP contribution in [0.3, 0.4) is 0 Å². The van der Waals surface area contributed by atoms with Crippen LogP contribution in [0.25, 0.3) is 93.0 Å². The average molecular weight is 657 g/mol. The summed E-state index contributed by atoms with van der Waals surface area (Å²) < 4.78 is 4.86. The monoisotopic (exact) mass is 656 g/mol. The Morgan fingerprint density at radius 3 is 1.56 bits per heavy atom. The Bertz CT molecular complexity index is 2760. The van der Waals surface area contributed by atoms with Gasteiger partial charge in [0, 0.05) is 53.2 Å². The van der Waals surface area contributed by atoms with Crippen molar-refractivity contribution >= 4 is 53.3 Å². The molecule has 0 aliphatic rings. The molecule has 10 aromatic rings. The highest BCUT2D eigenvalue weighted by Crippen LogP contribution is 2.41. The third-order valence-electron chi connectivity index (χ3n) is 9.46. The first kappa shape index (κ1) is 28.6. The van der Waals surface area contributed by atoms with Gasteiger partial charge in [0.1, 0.15) is 0 Å². The van der Waals surface area contributed by atoms with E-state index in [9.17, 15) is 0 Å². The van der Waals surface area contributed by atoms with Crippen LogP contribution in [-0.2, 0) is 0 Å². The molecule has 0 unspecified atom stereocenters. The highest BCUT2D eigenvalue weighted by molar-refractivity contribution is 7.25. The Morgan fingerprint density at radius 1 is 0.360 bits per heavy atom. The van der Waals surface area contributed by atoms with Gasteiger partial charge in [0.15, 0.2) is 17.5 Å². The lowest BCUT2D eigenvalue weighted by molar-refractivity contribution is 1.07. The maximum atomic E-state index is 4.97. The van der Waals surface area contributed by atoms with Crippen molar-refractivity contribution in [3.05, 3.63) is 170 Å². The Morgan fingerprint density at radius 2 is 0.900 bits per heavy atom. The van der Waals surface area contributed by atoms with Crippen molar-refractivity contribution in [1.82, 2.24) is 19.5 Å². The van der Waals surface area contributed by atoms with Gasteiger partial charge in [-0.2, -0.15) is 0 Å². The summed E-state index contributed by atoms with van der Waals surface area (Å²) in [6.45, 7) is 0. The first-order valence-corrected chi connectivity index (χ1v) is 17.5. The number of nitrogens with zero attached hydrogens (tertiary/aromatic N) is 4. The molecule has 5 heteroatoms. The predicted octanol–water partition coefficient (Wildman–Crippen LogP) is 12.0. The fourth-order valence-corrected chi connectivity index (χ4v) is 8.24. The molecule has 0 radical (unpaired) electrons. The van der Waals surface area contributed by atoms with Crippen molar-refractivity contribution in [3.63, 3.8) is 0 Å². The summed E-state index contributed by atoms with van der Waals surface area (Å²) in [6.07, 6.45) is 0. The molecule has 50 heavy (non-hydrogen) atoms. The number of para-hydroxylation sites is 3. The second-order valence-electron chi connectivity index (χ2n) is 12.4. The number of rotatable bonds is 5. The molecule has 0 N–H and O–H groups in total. The number of hydrogen-bond donors (Lipinski definition) is 0. The van der Waals surface area contributed by atoms with Crippen LogP contribution in [0.4, 0.5) is 0 Å². The lowest BCUT2D eigenvalue weighted by Gasteiger charge is -2.14. The summed E-state index contributed by atoms with van der Waals surface area (Å²) in [7, 11) is 0. The Balaban J connectivity index is 1.10. The topological polar surface area (TPSA) is 43.6 Å². The number of benzene rings is 7. The van der Waals surface area contributed by atoms with Gasteiger partial charge in [0.05, 0.1) is 16.7 Å². The van der Waals surface area contributed by atoms with Crippen LogP contribution in [0.1, 0.15) is 0 Å². The van der Waals surface area contributed by atoms with Crippen molar-refractivity contribution in [1.29, 1.82) is 0 Å². The summed E-state index contributed by atoms with van der Waals surface area (Å²) in [5.74, 6) is 1.99. The molecular formula is C45H28N4S. The van der Waals surface area contributed by atoms with Gasteiger partial charge < -0.3 is 4.57 Å². The minimum atomic E-state index is 0.664. The normalized spacial score (nSPS) is 11.6. The van der Waals surface area contributed by atoms with Gasteiger partial charge in [-0.3, -0.25) is 0 Å². The van der Waals surface area contributed by atoms with Crippen LogP contribution in [0.2, 0.25) is 0 Å². The molecule has 3 heterocycles. The smallest absolute Gasteiger partial charge is 0.164 e. The third kappa shape index (κ3) is 4.71. The van der Waals surface area contributed by atoms with E-state index in [0.717, 1.165) is 16.7 Å². The molecule has 3 aromatic heterocycles. The minimum absolute atomic E-state index is 0.664. The summed E-state index contributed by atoms with van der Waals surface area (Å²) in [5.41, 5.74) is 8.87. The van der Waals surface area contributed by atoms with Gasteiger partial charge in [-0.05, 0) is 42.0 Å². The Kier molecular flexibility index (Phi) is 6.64. The molecule has 234 valence electrons. The number of aromatic nitrogens is 4. The second-order valence-corrected chi connectivity index (χ2v) is 13.5. The summed E-state index contributed by atoms with van der Waals surface area (Å²) in [5, 5.41) is 5.00. The molecule has 0 saturated carbocycles. The van der Waals surface area contributed by atoms with E-state index in [1.54, 1.807) is 11.3 Å². The van der Waals surface area contributed by atoms with Gasteiger partial charge in [0.2, 0.25) is 0 Å². The van der Waals surface area contributed by atoms with E-state index >= 15 is 0 Å². The van der Waals surface area contributed by atoms with Crippen LogP contribution >= 0.6 is 11.3 Å². The lowest BCUT2D eigenvalue weighted by Crippen LogP contribution is -1.99. The minimum Gasteiger partial charge on any atom is -0.309 e. The molecule has 7 aromatic carbocycles. The SMILES string of the molecule is c1ccc(-c2nc(-c3ccccc3)nc(-c3ccc4c(c3)sc3ccc(-c5ccccc5-n5c6ccccc6c6ccccc65)cc34)n2)cc1. The molecule has 10 rings (SSSR count). The van der Waals surface area contributed by atoms with Crippen molar-refractivity contribution in [2.75, 3.05) is 0 Å². The fraction of sp³-hybridized carbons (Fsp3) is 0. The highest BCUT2D eigenvalue weighted by Gasteiger charge is 2.17. The van der Waals surface area contributed by atoms with Crippen LogP contribution in [0, 0.1) is 0 Å². The van der Waals surface area contributed by atoms with Gasteiger partial charge in [-0.25, -0.2) is 15.0 Å². The van der Waals surface area contributed by atoms with E-state index in [1.807, 2.05) is 60.7 Å². The summed E-state index contributed by atoms with van der Waals surface area (Å²) in [6, 6.07) is 59.8. The van der Waals surface area contributed by atoms with Crippen molar-refractivity contribution in [2.45, 2.75) is 0 Å². The van der Waals surface area contributed by atoms with Crippen LogP contribution in [-0.4, -0.2) is 19.5 Å². The Hall–Kier alpha value is -6.43. The molecular weight excluding hydrogens is 629 g/mol. The first-order valence-electron chi connectivity index (χ1n) is 16.7. The summed E-state index contributed by atoms with van der Waals surface area (Å²) in [4.78, 5) is 14.8. The van der Waals surface area contributed by atoms with Gasteiger partial charge in [0.25, 0.3) is 0 Å². The molecule has 0 atom stereocenters. The number of thiophene rings is 1. The standard InChI is InChI=1S/C45H28N4S/c1-3-13-29(14-4-1)43-46-44(30-15-5-2-6-16-30)48-45(47-43)32-23-25-36-37-27-31(24-26-41(37)50-42(36)28-32)33-17-7-10-20-38(33)49-39-21-11-8-18-34(39)35-19-9-12-22-40(35)49/h1-28H. The quantitative estimate of drug-likeness (QED) is 0.185. The summed E-state index contributed by atoms with van der Waals surface area (Å²) >= 11 is 1.80. The van der Waals surface area contributed by atoms with E-state index in [0.29, 0.717) is 17.5 Å². The maximum absolute atomic E-state index is 4.97. The second kappa shape index (κ2) is 11.6. The van der Waals surface area contributed by atoms with Crippen molar-refractivity contribution in [3.8, 4) is 51.0 Å². The lowest BCUT2D eigenvalue weighted by atomic mass is 10.0. The molecule has 4 nitrogen and oxygen atoms in total. The van der Waals surface area contributed by atoms with Crippen molar-refractivity contribution in [2.24, 2.45) is 0 Å². The molecule has 0 saturated heterocycles. The van der Waals surface area contributed by atoms with Crippen LogP contribution in [0.5, 0.6) is 0 Å². The molecule has 0 bridgehead atoms. The zero-order valence-electron chi connectivity index (χ0n) is 26.9. The highest BCUT2D eigenvalue weighted by atomic mass is 32.1. The molecule has 0 aliphatic carbocycles. The van der Waals surface area contributed by atoms with E-state index < -0.39 is 0 Å². The average Bonchev–Trinajstić information content (AvgIpc) is 3.73. The van der Waals surface area contributed by atoms with Gasteiger partial charge in [-0.15, -0.1) is 11.3 Å². The predicted molar refractivity (Wildman–Crippen MR) is 209 cm³/mol. The van der Waals surface area contributed by atoms with Gasteiger partial charge >= 0.3 is 0 Å². The maximum Gasteiger partial charge on any atom is 0.164 e. The number of fused-ring (bicyclic) bond motifs is 6. The van der Waals surface area contributed by atoms with Crippen LogP contribution in [0.15, 0.2) is 170 Å². The van der Waals surface area contributed by atoms with E-state index in [1.165, 1.54) is 58.8 Å². The molecule has 0 amide bonds. The fourth-order valence-electron chi connectivity index (χ4n) is 7.12. The van der Waals surface area contributed by atoms with E-state index in [2.05, 4.69) is 114 Å². The first-order chi connectivity index (χ1) is 24.8. The zero-order chi connectivity index (χ0) is 33.0. The third-order valence-corrected chi connectivity index (χ3v) is 10.6. The van der Waals surface area contributed by atoms with Crippen LogP contribution < -0.4 is 0 Å². The molecule has 0 aliphatic heterocycles. The van der Waals surface area contributed by atoms with Crippen molar-refractivity contribution < 1.29 is 0 Å². The van der Waals surface area contributed by atoms with E-state index in [4.69, 9.17) is 15.0 Å². The van der Waals surface area contributed by atoms with Gasteiger partial charge in [-0.1, -0.05) is 133 Å². The molecule has 0 spiro atoms. The zero-order valence-corrected chi connectivity index (χ0v) is 27.7. The number of hydrogen-bond acceptors (Lipinski definition) is 4. The van der Waals surface area contributed by atoms with E-state index in [-0.39, 0.29) is 0 Å². The Labute approximate surface area is 292 Å². The molecule has 0 fully saturated rings.